The first-order valence-corrected chi connectivity index (χ1v) is 4.62. The Balaban J connectivity index is 2.80. The van der Waals surface area contributed by atoms with Crippen LogP contribution in [0.5, 0.6) is 0 Å². The highest BCUT2D eigenvalue weighted by Gasteiger charge is 2.16. The van der Waals surface area contributed by atoms with Crippen molar-refractivity contribution in [1.82, 2.24) is 0 Å². The van der Waals surface area contributed by atoms with Crippen LogP contribution < -0.4 is 0 Å². The molecule has 0 atom stereocenters. The van der Waals surface area contributed by atoms with Gasteiger partial charge < -0.3 is 4.79 Å². The molecule has 0 aliphatic carbocycles. The van der Waals surface area contributed by atoms with Gasteiger partial charge in [0.2, 0.25) is 0 Å². The van der Waals surface area contributed by atoms with Crippen LogP contribution in [-0.4, -0.2) is 6.29 Å². The smallest absolute Gasteiger partial charge is 0.125 e. The van der Waals surface area contributed by atoms with Gasteiger partial charge in [0.1, 0.15) is 6.29 Å². The molecule has 13 heavy (non-hydrogen) atoms. The number of halogens is 1. The SMILES string of the molecule is CC(C)(C=O)Cc1cccc(Cl)c1. The van der Waals surface area contributed by atoms with Crippen molar-refractivity contribution in [2.24, 2.45) is 5.41 Å². The Morgan fingerprint density at radius 3 is 2.69 bits per heavy atom. The maximum atomic E-state index is 10.7. The maximum absolute atomic E-state index is 10.7. The second-order valence-electron chi connectivity index (χ2n) is 3.91. The average molecular weight is 197 g/mol. The van der Waals surface area contributed by atoms with Crippen LogP contribution in [0, 0.1) is 5.41 Å². The summed E-state index contributed by atoms with van der Waals surface area (Å²) in [5.74, 6) is 0. The third-order valence-corrected chi connectivity index (χ3v) is 2.10. The minimum Gasteiger partial charge on any atom is -0.303 e. The first kappa shape index (κ1) is 10.3. The second kappa shape index (κ2) is 3.93. The van der Waals surface area contributed by atoms with Crippen molar-refractivity contribution < 1.29 is 4.79 Å². The van der Waals surface area contributed by atoms with E-state index in [2.05, 4.69) is 0 Å². The van der Waals surface area contributed by atoms with Crippen molar-refractivity contribution in [1.29, 1.82) is 0 Å². The van der Waals surface area contributed by atoms with Gasteiger partial charge in [0.25, 0.3) is 0 Å². The zero-order valence-electron chi connectivity index (χ0n) is 7.88. The lowest BCUT2D eigenvalue weighted by Crippen LogP contribution is -2.16. The predicted molar refractivity (Wildman–Crippen MR) is 55.0 cm³/mol. The molecule has 0 spiro atoms. The van der Waals surface area contributed by atoms with Crippen LogP contribution in [0.25, 0.3) is 0 Å². The summed E-state index contributed by atoms with van der Waals surface area (Å²) in [6, 6.07) is 7.61. The molecule has 0 aliphatic heterocycles. The topological polar surface area (TPSA) is 17.1 Å². The minimum atomic E-state index is -0.301. The molecule has 0 unspecified atom stereocenters. The lowest BCUT2D eigenvalue weighted by Gasteiger charge is -2.16. The van der Waals surface area contributed by atoms with Crippen molar-refractivity contribution >= 4 is 17.9 Å². The van der Waals surface area contributed by atoms with Gasteiger partial charge in [-0.25, -0.2) is 0 Å². The fourth-order valence-electron chi connectivity index (χ4n) is 1.21. The summed E-state index contributed by atoms with van der Waals surface area (Å²) >= 11 is 5.83. The molecular formula is C11H13ClO. The van der Waals surface area contributed by atoms with Crippen LogP contribution in [0.3, 0.4) is 0 Å². The van der Waals surface area contributed by atoms with Crippen molar-refractivity contribution in [3.8, 4) is 0 Å². The Bertz CT molecular complexity index is 305. The van der Waals surface area contributed by atoms with Gasteiger partial charge in [-0.05, 0) is 24.1 Å². The average Bonchev–Trinajstić information content (AvgIpc) is 2.03. The summed E-state index contributed by atoms with van der Waals surface area (Å²) in [5.41, 5.74) is 0.801. The molecule has 1 aromatic carbocycles. The molecule has 0 aliphatic rings. The number of carbonyl (C=O) groups is 1. The highest BCUT2D eigenvalue weighted by atomic mass is 35.5. The number of aldehydes is 1. The fourth-order valence-corrected chi connectivity index (χ4v) is 1.43. The van der Waals surface area contributed by atoms with Gasteiger partial charge in [-0.2, -0.15) is 0 Å². The first-order chi connectivity index (χ1) is 6.03. The fraction of sp³-hybridized carbons (Fsp3) is 0.364. The molecule has 0 radical (unpaired) electrons. The molecule has 0 bridgehead atoms. The summed E-state index contributed by atoms with van der Waals surface area (Å²) in [6.45, 7) is 3.84. The Kier molecular flexibility index (Phi) is 3.10. The van der Waals surface area contributed by atoms with Gasteiger partial charge in [0.15, 0.2) is 0 Å². The number of benzene rings is 1. The van der Waals surface area contributed by atoms with E-state index in [0.717, 1.165) is 23.3 Å². The van der Waals surface area contributed by atoms with Crippen LogP contribution in [0.15, 0.2) is 24.3 Å². The molecule has 1 rings (SSSR count). The Labute approximate surface area is 83.7 Å². The van der Waals surface area contributed by atoms with Gasteiger partial charge in [-0.15, -0.1) is 0 Å². The molecule has 0 saturated heterocycles. The summed E-state index contributed by atoms with van der Waals surface area (Å²) in [5, 5.41) is 0.721. The molecule has 0 N–H and O–H groups in total. The van der Waals surface area contributed by atoms with Crippen LogP contribution in [-0.2, 0) is 11.2 Å². The van der Waals surface area contributed by atoms with Crippen LogP contribution in [0.2, 0.25) is 5.02 Å². The summed E-state index contributed by atoms with van der Waals surface area (Å²) in [7, 11) is 0. The monoisotopic (exact) mass is 196 g/mol. The molecule has 1 aromatic rings. The van der Waals surface area contributed by atoms with E-state index in [1.165, 1.54) is 0 Å². The highest BCUT2D eigenvalue weighted by Crippen LogP contribution is 2.20. The Morgan fingerprint density at radius 1 is 1.46 bits per heavy atom. The molecule has 0 amide bonds. The van der Waals surface area contributed by atoms with E-state index in [0.29, 0.717) is 0 Å². The molecule has 0 aromatic heterocycles. The van der Waals surface area contributed by atoms with Crippen LogP contribution in [0.4, 0.5) is 0 Å². The molecule has 0 saturated carbocycles. The molecule has 1 nitrogen and oxygen atoms in total. The second-order valence-corrected chi connectivity index (χ2v) is 4.35. The zero-order valence-corrected chi connectivity index (χ0v) is 8.64. The molecule has 2 heteroatoms. The quantitative estimate of drug-likeness (QED) is 0.679. The normalized spacial score (nSPS) is 11.3. The van der Waals surface area contributed by atoms with Gasteiger partial charge in [-0.1, -0.05) is 37.6 Å². The zero-order chi connectivity index (χ0) is 9.90. The standard InChI is InChI=1S/C11H13ClO/c1-11(2,8-13)7-9-4-3-5-10(12)6-9/h3-6,8H,7H2,1-2H3. The number of hydrogen-bond acceptors (Lipinski definition) is 1. The lowest BCUT2D eigenvalue weighted by molar-refractivity contribution is -0.114. The Hall–Kier alpha value is -0.820. The first-order valence-electron chi connectivity index (χ1n) is 4.24. The highest BCUT2D eigenvalue weighted by molar-refractivity contribution is 6.30. The molecule has 0 fully saturated rings. The number of hydrogen-bond donors (Lipinski definition) is 0. The Morgan fingerprint density at radius 2 is 2.15 bits per heavy atom. The van der Waals surface area contributed by atoms with E-state index >= 15 is 0 Å². The van der Waals surface area contributed by atoms with Crippen molar-refractivity contribution in [3.05, 3.63) is 34.9 Å². The molecular weight excluding hydrogens is 184 g/mol. The summed E-state index contributed by atoms with van der Waals surface area (Å²) in [4.78, 5) is 10.7. The molecule has 70 valence electrons. The summed E-state index contributed by atoms with van der Waals surface area (Å²) in [6.07, 6.45) is 1.71. The van der Waals surface area contributed by atoms with Gasteiger partial charge in [0, 0.05) is 10.4 Å². The third-order valence-electron chi connectivity index (χ3n) is 1.87. The van der Waals surface area contributed by atoms with Gasteiger partial charge in [0.05, 0.1) is 0 Å². The largest absolute Gasteiger partial charge is 0.303 e. The van der Waals surface area contributed by atoms with Crippen molar-refractivity contribution in [2.75, 3.05) is 0 Å². The predicted octanol–water partition coefficient (Wildman–Crippen LogP) is 3.11. The van der Waals surface area contributed by atoms with Gasteiger partial charge in [-0.3, -0.25) is 0 Å². The van der Waals surface area contributed by atoms with E-state index in [9.17, 15) is 4.79 Å². The third kappa shape index (κ3) is 3.19. The van der Waals surface area contributed by atoms with E-state index in [1.54, 1.807) is 0 Å². The minimum absolute atomic E-state index is 0.301. The number of rotatable bonds is 3. The van der Waals surface area contributed by atoms with E-state index < -0.39 is 0 Å². The van der Waals surface area contributed by atoms with Crippen LogP contribution >= 0.6 is 11.6 Å². The molecule has 0 heterocycles. The summed E-state index contributed by atoms with van der Waals surface area (Å²) < 4.78 is 0. The van der Waals surface area contributed by atoms with E-state index in [4.69, 9.17) is 11.6 Å². The van der Waals surface area contributed by atoms with Crippen LogP contribution in [0.1, 0.15) is 19.4 Å². The lowest BCUT2D eigenvalue weighted by atomic mass is 9.87. The van der Waals surface area contributed by atoms with Gasteiger partial charge >= 0.3 is 0 Å². The number of carbonyl (C=O) groups excluding carboxylic acids is 1. The van der Waals surface area contributed by atoms with E-state index in [1.807, 2.05) is 38.1 Å². The van der Waals surface area contributed by atoms with E-state index in [-0.39, 0.29) is 5.41 Å². The maximum Gasteiger partial charge on any atom is 0.125 e. The van der Waals surface area contributed by atoms with Crippen molar-refractivity contribution in [3.63, 3.8) is 0 Å². The van der Waals surface area contributed by atoms with Crippen molar-refractivity contribution in [2.45, 2.75) is 20.3 Å².